The van der Waals surface area contributed by atoms with Crippen LogP contribution in [0.25, 0.3) is 16.9 Å². The van der Waals surface area contributed by atoms with Crippen LogP contribution in [0.5, 0.6) is 5.75 Å². The van der Waals surface area contributed by atoms with E-state index in [0.717, 1.165) is 46.9 Å². The summed E-state index contributed by atoms with van der Waals surface area (Å²) in [5.74, 6) is 0.748. The Balaban J connectivity index is 1.30. The number of rotatable bonds is 7. The highest BCUT2D eigenvalue weighted by Gasteiger charge is 2.30. The summed E-state index contributed by atoms with van der Waals surface area (Å²) in [4.78, 5) is 18.7. The highest BCUT2D eigenvalue weighted by molar-refractivity contribution is 5.94. The quantitative estimate of drug-likeness (QED) is 0.224. The number of aromatic nitrogens is 2. The standard InChI is InChI=1S/C36H36N4O2/c1-26-17-18-27(2)33(23-26)40-34(25-32(37-40)30-15-10-16-31(24-30)42-3)36(41)39-21-19-38(20-22-39)35(28-11-6-4-7-12-28)29-13-8-5-9-14-29/h4-18,23-25,35H,19-22H2,1-3H3. The summed E-state index contributed by atoms with van der Waals surface area (Å²) in [6.07, 6.45) is 0. The van der Waals surface area contributed by atoms with Gasteiger partial charge in [0, 0.05) is 31.7 Å². The second kappa shape index (κ2) is 12.0. The van der Waals surface area contributed by atoms with Crippen molar-refractivity contribution in [3.63, 3.8) is 0 Å². The van der Waals surface area contributed by atoms with Crippen LogP contribution in [0.3, 0.4) is 0 Å². The minimum atomic E-state index is -0.00632. The third kappa shape index (κ3) is 5.58. The minimum absolute atomic E-state index is 0.00632. The maximum atomic E-state index is 14.2. The molecule has 1 amide bonds. The number of amides is 1. The van der Waals surface area contributed by atoms with Gasteiger partial charge in [-0.25, -0.2) is 4.68 Å². The lowest BCUT2D eigenvalue weighted by Gasteiger charge is -2.39. The second-order valence-corrected chi connectivity index (χ2v) is 10.9. The fourth-order valence-corrected chi connectivity index (χ4v) is 5.82. The molecule has 4 aromatic carbocycles. The zero-order valence-corrected chi connectivity index (χ0v) is 24.4. The summed E-state index contributed by atoms with van der Waals surface area (Å²) < 4.78 is 7.28. The molecule has 0 radical (unpaired) electrons. The van der Waals surface area contributed by atoms with Gasteiger partial charge in [-0.2, -0.15) is 5.10 Å². The molecule has 0 N–H and O–H groups in total. The predicted octanol–water partition coefficient (Wildman–Crippen LogP) is 6.71. The Kier molecular flexibility index (Phi) is 7.89. The number of ether oxygens (including phenoxy) is 1. The van der Waals surface area contributed by atoms with Crippen molar-refractivity contribution < 1.29 is 9.53 Å². The Morgan fingerprint density at radius 2 is 1.43 bits per heavy atom. The van der Waals surface area contributed by atoms with E-state index >= 15 is 0 Å². The molecule has 5 aromatic rings. The van der Waals surface area contributed by atoms with E-state index in [1.165, 1.54) is 11.1 Å². The number of hydrogen-bond acceptors (Lipinski definition) is 4. The summed E-state index contributed by atoms with van der Waals surface area (Å²) in [6.45, 7) is 6.96. The number of carbonyl (C=O) groups excluding carboxylic acids is 1. The van der Waals surface area contributed by atoms with Gasteiger partial charge in [-0.15, -0.1) is 0 Å². The van der Waals surface area contributed by atoms with Crippen LogP contribution >= 0.6 is 0 Å². The van der Waals surface area contributed by atoms with Crippen LogP contribution in [0, 0.1) is 13.8 Å². The van der Waals surface area contributed by atoms with E-state index in [0.29, 0.717) is 18.8 Å². The molecule has 0 atom stereocenters. The smallest absolute Gasteiger partial charge is 0.272 e. The molecule has 1 saturated heterocycles. The Morgan fingerprint density at radius 3 is 2.07 bits per heavy atom. The van der Waals surface area contributed by atoms with Crippen molar-refractivity contribution in [1.29, 1.82) is 0 Å². The number of hydrogen-bond donors (Lipinski definition) is 0. The highest BCUT2D eigenvalue weighted by atomic mass is 16.5. The maximum absolute atomic E-state index is 14.2. The third-order valence-electron chi connectivity index (χ3n) is 8.08. The second-order valence-electron chi connectivity index (χ2n) is 10.9. The summed E-state index contributed by atoms with van der Waals surface area (Å²) >= 11 is 0. The average molecular weight is 557 g/mol. The van der Waals surface area contributed by atoms with Gasteiger partial charge in [0.25, 0.3) is 5.91 Å². The fourth-order valence-electron chi connectivity index (χ4n) is 5.82. The monoisotopic (exact) mass is 556 g/mol. The molecule has 6 nitrogen and oxygen atoms in total. The largest absolute Gasteiger partial charge is 0.497 e. The summed E-state index contributed by atoms with van der Waals surface area (Å²) in [5, 5.41) is 4.97. The summed E-state index contributed by atoms with van der Waals surface area (Å²) in [7, 11) is 1.66. The molecule has 0 aliphatic carbocycles. The van der Waals surface area contributed by atoms with Gasteiger partial charge >= 0.3 is 0 Å². The average Bonchev–Trinajstić information content (AvgIpc) is 3.49. The predicted molar refractivity (Wildman–Crippen MR) is 167 cm³/mol. The third-order valence-corrected chi connectivity index (χ3v) is 8.08. The van der Waals surface area contributed by atoms with Crippen LogP contribution in [0.4, 0.5) is 0 Å². The van der Waals surface area contributed by atoms with Crippen molar-refractivity contribution in [2.24, 2.45) is 0 Å². The van der Waals surface area contributed by atoms with Gasteiger partial charge in [0.05, 0.1) is 24.5 Å². The summed E-state index contributed by atoms with van der Waals surface area (Å²) in [6, 6.07) is 37.4. The first kappa shape index (κ1) is 27.5. The zero-order chi connectivity index (χ0) is 29.1. The Bertz CT molecular complexity index is 1630. The molecule has 212 valence electrons. The van der Waals surface area contributed by atoms with Crippen molar-refractivity contribution >= 4 is 5.91 Å². The van der Waals surface area contributed by atoms with Crippen LogP contribution < -0.4 is 4.74 Å². The van der Waals surface area contributed by atoms with Gasteiger partial charge in [0.2, 0.25) is 0 Å². The first-order valence-corrected chi connectivity index (χ1v) is 14.5. The maximum Gasteiger partial charge on any atom is 0.272 e. The van der Waals surface area contributed by atoms with E-state index < -0.39 is 0 Å². The molecule has 0 saturated carbocycles. The van der Waals surface area contributed by atoms with Gasteiger partial charge in [-0.3, -0.25) is 9.69 Å². The first-order chi connectivity index (χ1) is 20.5. The van der Waals surface area contributed by atoms with Gasteiger partial charge in [-0.1, -0.05) is 84.9 Å². The molecule has 42 heavy (non-hydrogen) atoms. The van der Waals surface area contributed by atoms with Crippen LogP contribution in [0.15, 0.2) is 109 Å². The lowest BCUT2D eigenvalue weighted by molar-refractivity contribution is 0.0588. The van der Waals surface area contributed by atoms with Gasteiger partial charge in [-0.05, 0) is 60.4 Å². The molecule has 1 fully saturated rings. The molecule has 0 bridgehead atoms. The number of piperazine rings is 1. The SMILES string of the molecule is COc1cccc(-c2cc(C(=O)N3CCN(C(c4ccccc4)c4ccccc4)CC3)n(-c3cc(C)ccc3C)n2)c1. The number of nitrogens with zero attached hydrogens (tertiary/aromatic N) is 4. The first-order valence-electron chi connectivity index (χ1n) is 14.5. The number of carbonyl (C=O) groups is 1. The van der Waals surface area contributed by atoms with E-state index in [1.54, 1.807) is 7.11 Å². The molecule has 6 heteroatoms. The van der Waals surface area contributed by atoms with Crippen molar-refractivity contribution in [3.05, 3.63) is 137 Å². The summed E-state index contributed by atoms with van der Waals surface area (Å²) in [5.41, 5.74) is 7.84. The molecule has 1 aromatic heterocycles. The minimum Gasteiger partial charge on any atom is -0.497 e. The number of benzene rings is 4. The van der Waals surface area contributed by atoms with E-state index in [1.807, 2.05) is 39.9 Å². The Hall–Kier alpha value is -4.68. The van der Waals surface area contributed by atoms with Crippen LogP contribution in [-0.2, 0) is 0 Å². The Labute approximate surface area is 247 Å². The fraction of sp³-hybridized carbons (Fsp3) is 0.222. The van der Waals surface area contributed by atoms with Gasteiger partial charge in [0.15, 0.2) is 0 Å². The molecule has 1 aliphatic heterocycles. The lowest BCUT2D eigenvalue weighted by atomic mass is 9.96. The lowest BCUT2D eigenvalue weighted by Crippen LogP contribution is -2.50. The van der Waals surface area contributed by atoms with Crippen molar-refractivity contribution in [2.75, 3.05) is 33.3 Å². The molecular weight excluding hydrogens is 520 g/mol. The van der Waals surface area contributed by atoms with E-state index in [9.17, 15) is 4.79 Å². The Morgan fingerprint density at radius 1 is 0.762 bits per heavy atom. The van der Waals surface area contributed by atoms with Crippen LogP contribution in [0.2, 0.25) is 0 Å². The molecule has 6 rings (SSSR count). The van der Waals surface area contributed by atoms with E-state index in [4.69, 9.17) is 9.84 Å². The van der Waals surface area contributed by atoms with Crippen molar-refractivity contribution in [3.8, 4) is 22.7 Å². The highest BCUT2D eigenvalue weighted by Crippen LogP contribution is 2.31. The molecule has 0 spiro atoms. The molecule has 1 aliphatic rings. The molecule has 2 heterocycles. The van der Waals surface area contributed by atoms with E-state index in [2.05, 4.69) is 97.6 Å². The number of aryl methyl sites for hydroxylation is 2. The topological polar surface area (TPSA) is 50.6 Å². The van der Waals surface area contributed by atoms with E-state index in [-0.39, 0.29) is 11.9 Å². The number of methoxy groups -OCH3 is 1. The molecule has 0 unspecified atom stereocenters. The van der Waals surface area contributed by atoms with Gasteiger partial charge < -0.3 is 9.64 Å². The van der Waals surface area contributed by atoms with Crippen LogP contribution in [0.1, 0.15) is 38.8 Å². The normalized spacial score (nSPS) is 13.9. The van der Waals surface area contributed by atoms with Gasteiger partial charge in [0.1, 0.15) is 11.4 Å². The molecular formula is C36H36N4O2. The van der Waals surface area contributed by atoms with Crippen molar-refractivity contribution in [2.45, 2.75) is 19.9 Å². The zero-order valence-electron chi connectivity index (χ0n) is 24.4. The van der Waals surface area contributed by atoms with Crippen molar-refractivity contribution in [1.82, 2.24) is 19.6 Å². The van der Waals surface area contributed by atoms with Crippen LogP contribution in [-0.4, -0.2) is 58.8 Å².